The van der Waals surface area contributed by atoms with Crippen molar-refractivity contribution in [3.05, 3.63) is 52.2 Å². The highest BCUT2D eigenvalue weighted by molar-refractivity contribution is 7.10. The summed E-state index contributed by atoms with van der Waals surface area (Å²) in [4.78, 5) is 12.9. The van der Waals surface area contributed by atoms with E-state index in [1.807, 2.05) is 23.6 Å². The van der Waals surface area contributed by atoms with Gasteiger partial charge in [0.2, 0.25) is 0 Å². The van der Waals surface area contributed by atoms with E-state index in [0.717, 1.165) is 4.88 Å². The number of thiophene rings is 1. The lowest BCUT2D eigenvalue weighted by molar-refractivity contribution is -0.128. The average Bonchev–Trinajstić information content (AvgIpc) is 3.08. The van der Waals surface area contributed by atoms with Gasteiger partial charge in [-0.05, 0) is 43.5 Å². The molecule has 2 unspecified atom stereocenters. The third-order valence-corrected chi connectivity index (χ3v) is 4.43. The Morgan fingerprint density at radius 3 is 2.91 bits per heavy atom. The van der Waals surface area contributed by atoms with Crippen molar-refractivity contribution in [1.29, 1.82) is 5.26 Å². The van der Waals surface area contributed by atoms with Crippen molar-refractivity contribution in [3.8, 4) is 11.8 Å². The molecule has 0 bridgehead atoms. The number of nitrogens with one attached hydrogen (secondary N) is 1. The highest BCUT2D eigenvalue weighted by Gasteiger charge is 2.26. The number of hydrogen-bond acceptors (Lipinski definition) is 5. The fourth-order valence-corrected chi connectivity index (χ4v) is 2.76. The minimum absolute atomic E-state index is 0.0955. The first-order valence-corrected chi connectivity index (χ1v) is 8.01. The van der Waals surface area contributed by atoms with Crippen molar-refractivity contribution in [2.45, 2.75) is 25.6 Å². The molecule has 1 amide bonds. The van der Waals surface area contributed by atoms with Gasteiger partial charge in [-0.3, -0.25) is 4.79 Å². The summed E-state index contributed by atoms with van der Waals surface area (Å²) in [5.74, 6) is 0.126. The highest BCUT2D eigenvalue weighted by atomic mass is 32.1. The number of carbonyl (C=O) groups is 1. The molecule has 23 heavy (non-hydrogen) atoms. The fraction of sp³-hybridized carbons (Fsp3) is 0.294. The molecule has 1 aromatic carbocycles. The number of hydrogen-bond donors (Lipinski definition) is 2. The fourth-order valence-electron chi connectivity index (χ4n) is 1.97. The van der Waals surface area contributed by atoms with Crippen molar-refractivity contribution >= 4 is 17.2 Å². The summed E-state index contributed by atoms with van der Waals surface area (Å²) in [7, 11) is 0. The zero-order valence-electron chi connectivity index (χ0n) is 12.9. The van der Waals surface area contributed by atoms with Gasteiger partial charge < -0.3 is 15.2 Å². The lowest BCUT2D eigenvalue weighted by Gasteiger charge is -2.23. The van der Waals surface area contributed by atoms with E-state index in [2.05, 4.69) is 5.32 Å². The van der Waals surface area contributed by atoms with Crippen molar-refractivity contribution in [2.75, 3.05) is 6.54 Å². The molecule has 2 N–H and O–H groups in total. The first-order chi connectivity index (χ1) is 10.9. The molecule has 0 saturated carbocycles. The van der Waals surface area contributed by atoms with Crippen LogP contribution in [0.3, 0.4) is 0 Å². The molecule has 0 saturated heterocycles. The van der Waals surface area contributed by atoms with Gasteiger partial charge in [0.25, 0.3) is 5.91 Å². The minimum Gasteiger partial charge on any atom is -0.481 e. The summed E-state index contributed by atoms with van der Waals surface area (Å²) in [5, 5.41) is 23.8. The second-order valence-corrected chi connectivity index (χ2v) is 6.32. The van der Waals surface area contributed by atoms with Crippen molar-refractivity contribution in [2.24, 2.45) is 0 Å². The number of nitrogens with zero attached hydrogens (tertiary/aromatic N) is 1. The molecule has 0 aliphatic heterocycles. The van der Waals surface area contributed by atoms with Crippen LogP contribution in [0.1, 0.15) is 24.3 Å². The van der Waals surface area contributed by atoms with E-state index < -0.39 is 11.7 Å². The first-order valence-electron chi connectivity index (χ1n) is 7.13. The molecular formula is C17H18N2O3S. The van der Waals surface area contributed by atoms with Gasteiger partial charge in [-0.15, -0.1) is 11.3 Å². The summed E-state index contributed by atoms with van der Waals surface area (Å²) >= 11 is 1.43. The van der Waals surface area contributed by atoms with Crippen LogP contribution in [0.4, 0.5) is 0 Å². The minimum atomic E-state index is -1.12. The van der Waals surface area contributed by atoms with E-state index in [0.29, 0.717) is 11.3 Å². The van der Waals surface area contributed by atoms with Crippen LogP contribution in [0.15, 0.2) is 41.8 Å². The second-order valence-electron chi connectivity index (χ2n) is 5.37. The Morgan fingerprint density at radius 2 is 2.26 bits per heavy atom. The summed E-state index contributed by atoms with van der Waals surface area (Å²) in [6.07, 6.45) is -0.733. The number of benzene rings is 1. The molecule has 0 aliphatic carbocycles. The van der Waals surface area contributed by atoms with Crippen molar-refractivity contribution in [1.82, 2.24) is 5.32 Å². The van der Waals surface area contributed by atoms with Crippen LogP contribution >= 0.6 is 11.3 Å². The molecule has 5 nitrogen and oxygen atoms in total. The number of nitriles is 1. The van der Waals surface area contributed by atoms with E-state index in [4.69, 9.17) is 10.00 Å². The molecule has 0 spiro atoms. The maximum absolute atomic E-state index is 12.1. The summed E-state index contributed by atoms with van der Waals surface area (Å²) < 4.78 is 5.53. The van der Waals surface area contributed by atoms with Gasteiger partial charge in [0.05, 0.1) is 18.2 Å². The van der Waals surface area contributed by atoms with E-state index in [-0.39, 0.29) is 12.5 Å². The Kier molecular flexibility index (Phi) is 5.37. The van der Waals surface area contributed by atoms with Crippen LogP contribution in [0.5, 0.6) is 5.75 Å². The SMILES string of the molecule is CC(Oc1cccc(C#N)c1)C(=O)NCC(C)(O)c1cccs1. The Bertz CT molecular complexity index is 705. The number of aliphatic hydroxyl groups is 1. The standard InChI is InChI=1S/C17H18N2O3S/c1-12(22-14-6-3-5-13(9-14)10-18)16(20)19-11-17(2,21)15-7-4-8-23-15/h3-9,12,21H,11H2,1-2H3,(H,19,20). The Labute approximate surface area is 139 Å². The summed E-state index contributed by atoms with van der Waals surface area (Å²) in [5.41, 5.74) is -0.652. The predicted molar refractivity (Wildman–Crippen MR) is 88.1 cm³/mol. The molecule has 2 aromatic rings. The quantitative estimate of drug-likeness (QED) is 0.852. The first kappa shape index (κ1) is 17.0. The third kappa shape index (κ3) is 4.55. The molecule has 2 rings (SSSR count). The zero-order valence-corrected chi connectivity index (χ0v) is 13.8. The van der Waals surface area contributed by atoms with Crippen molar-refractivity contribution in [3.63, 3.8) is 0 Å². The van der Waals surface area contributed by atoms with E-state index in [9.17, 15) is 9.90 Å². The second kappa shape index (κ2) is 7.27. The smallest absolute Gasteiger partial charge is 0.260 e. The van der Waals surface area contributed by atoms with Gasteiger partial charge in [-0.2, -0.15) is 5.26 Å². The van der Waals surface area contributed by atoms with Crippen LogP contribution in [0, 0.1) is 11.3 Å². The number of amides is 1. The average molecular weight is 330 g/mol. The van der Waals surface area contributed by atoms with Crippen molar-refractivity contribution < 1.29 is 14.6 Å². The van der Waals surface area contributed by atoms with Gasteiger partial charge in [0.15, 0.2) is 6.10 Å². The maximum Gasteiger partial charge on any atom is 0.260 e. The lowest BCUT2D eigenvalue weighted by atomic mass is 10.1. The number of carbonyl (C=O) groups excluding carboxylic acids is 1. The molecule has 0 radical (unpaired) electrons. The maximum atomic E-state index is 12.1. The molecule has 0 fully saturated rings. The highest BCUT2D eigenvalue weighted by Crippen LogP contribution is 2.24. The van der Waals surface area contributed by atoms with Crippen LogP contribution < -0.4 is 10.1 Å². The topological polar surface area (TPSA) is 82.3 Å². The van der Waals surface area contributed by atoms with Gasteiger partial charge in [-0.25, -0.2) is 0 Å². The van der Waals surface area contributed by atoms with Crippen LogP contribution in [0.2, 0.25) is 0 Å². The Hall–Kier alpha value is -2.36. The van der Waals surface area contributed by atoms with Gasteiger partial charge in [-0.1, -0.05) is 12.1 Å². The van der Waals surface area contributed by atoms with E-state index in [1.165, 1.54) is 11.3 Å². The molecule has 0 aliphatic rings. The Morgan fingerprint density at radius 1 is 1.48 bits per heavy atom. The molecule has 2 atom stereocenters. The summed E-state index contributed by atoms with van der Waals surface area (Å²) in [6.45, 7) is 3.37. The monoisotopic (exact) mass is 330 g/mol. The number of rotatable bonds is 6. The molecule has 6 heteroatoms. The van der Waals surface area contributed by atoms with Gasteiger partial charge in [0, 0.05) is 4.88 Å². The molecule has 1 heterocycles. The third-order valence-electron chi connectivity index (χ3n) is 3.30. The molecule has 120 valence electrons. The zero-order chi connectivity index (χ0) is 16.9. The largest absolute Gasteiger partial charge is 0.481 e. The van der Waals surface area contributed by atoms with Crippen LogP contribution in [-0.2, 0) is 10.4 Å². The number of ether oxygens (including phenoxy) is 1. The van der Waals surface area contributed by atoms with Crippen LogP contribution in [0.25, 0.3) is 0 Å². The predicted octanol–water partition coefficient (Wildman–Crippen LogP) is 2.41. The Balaban J connectivity index is 1.91. The lowest BCUT2D eigenvalue weighted by Crippen LogP contribution is -2.43. The van der Waals surface area contributed by atoms with E-state index >= 15 is 0 Å². The normalized spacial score (nSPS) is 14.3. The van der Waals surface area contributed by atoms with Gasteiger partial charge >= 0.3 is 0 Å². The summed E-state index contributed by atoms with van der Waals surface area (Å²) in [6, 6.07) is 12.3. The molecule has 1 aromatic heterocycles. The van der Waals surface area contributed by atoms with E-state index in [1.54, 1.807) is 38.1 Å². The molecular weight excluding hydrogens is 312 g/mol. The van der Waals surface area contributed by atoms with Gasteiger partial charge in [0.1, 0.15) is 11.4 Å². The van der Waals surface area contributed by atoms with Crippen LogP contribution in [-0.4, -0.2) is 23.7 Å².